The van der Waals surface area contributed by atoms with Crippen LogP contribution in [0.1, 0.15) is 34.6 Å². The van der Waals surface area contributed by atoms with Gasteiger partial charge in [0.05, 0.1) is 5.69 Å². The maximum Gasteiger partial charge on any atom is 0.0514 e. The van der Waals surface area contributed by atoms with Gasteiger partial charge in [-0.05, 0) is 39.4 Å². The molecule has 0 aromatic heterocycles. The summed E-state index contributed by atoms with van der Waals surface area (Å²) in [6, 6.07) is 9.65. The first-order valence-electron chi connectivity index (χ1n) is 7.55. The highest BCUT2D eigenvalue weighted by Gasteiger charge is 2.35. The molecule has 1 saturated heterocycles. The first kappa shape index (κ1) is 15.8. The number of piperazine rings is 1. The Balaban J connectivity index is 2.31. The van der Waals surface area contributed by atoms with Gasteiger partial charge in [0, 0.05) is 29.6 Å². The predicted molar refractivity (Wildman–Crippen MR) is 91.4 cm³/mol. The lowest BCUT2D eigenvalue weighted by Crippen LogP contribution is -2.62. The summed E-state index contributed by atoms with van der Waals surface area (Å²) >= 11 is 3.72. The minimum absolute atomic E-state index is 0.279. The van der Waals surface area contributed by atoms with Crippen LogP contribution >= 0.6 is 15.9 Å². The van der Waals surface area contributed by atoms with E-state index in [9.17, 15) is 0 Å². The topological polar surface area (TPSA) is 15.3 Å². The quantitative estimate of drug-likeness (QED) is 0.864. The van der Waals surface area contributed by atoms with Crippen LogP contribution in [0.3, 0.4) is 0 Å². The van der Waals surface area contributed by atoms with Crippen molar-refractivity contribution in [1.29, 1.82) is 0 Å². The predicted octanol–water partition coefficient (Wildman–Crippen LogP) is 4.30. The van der Waals surface area contributed by atoms with Gasteiger partial charge in [-0.25, -0.2) is 0 Å². The molecule has 0 saturated carbocycles. The van der Waals surface area contributed by atoms with Crippen molar-refractivity contribution in [2.24, 2.45) is 11.3 Å². The molecule has 1 aromatic carbocycles. The Labute approximate surface area is 132 Å². The third kappa shape index (κ3) is 3.37. The van der Waals surface area contributed by atoms with E-state index in [1.807, 2.05) is 0 Å². The zero-order valence-corrected chi connectivity index (χ0v) is 14.9. The van der Waals surface area contributed by atoms with Gasteiger partial charge in [0.25, 0.3) is 0 Å². The van der Waals surface area contributed by atoms with Crippen LogP contribution in [0.15, 0.2) is 28.7 Å². The zero-order valence-electron chi connectivity index (χ0n) is 13.3. The molecule has 1 fully saturated rings. The first-order chi connectivity index (χ1) is 9.30. The molecule has 0 spiro atoms. The van der Waals surface area contributed by atoms with Crippen molar-refractivity contribution in [2.45, 2.75) is 46.7 Å². The summed E-state index contributed by atoms with van der Waals surface area (Å²) in [4.78, 5) is 2.58. The summed E-state index contributed by atoms with van der Waals surface area (Å²) in [6.45, 7) is 13.7. The lowest BCUT2D eigenvalue weighted by molar-refractivity contribution is 0.220. The fourth-order valence-corrected chi connectivity index (χ4v) is 3.42. The Kier molecular flexibility index (Phi) is 4.80. The summed E-state index contributed by atoms with van der Waals surface area (Å²) in [6.07, 6.45) is 0. The highest BCUT2D eigenvalue weighted by atomic mass is 79.9. The fourth-order valence-electron chi connectivity index (χ4n) is 2.91. The average molecular weight is 339 g/mol. The van der Waals surface area contributed by atoms with E-state index < -0.39 is 0 Å². The number of benzene rings is 1. The highest BCUT2D eigenvalue weighted by Crippen LogP contribution is 2.33. The zero-order chi connectivity index (χ0) is 14.9. The van der Waals surface area contributed by atoms with Gasteiger partial charge in [0.1, 0.15) is 0 Å². The second-order valence-electron chi connectivity index (χ2n) is 7.24. The number of para-hydroxylation sites is 1. The number of rotatable bonds is 2. The molecule has 1 N–H and O–H groups in total. The van der Waals surface area contributed by atoms with E-state index >= 15 is 0 Å². The smallest absolute Gasteiger partial charge is 0.0514 e. The van der Waals surface area contributed by atoms with E-state index in [1.54, 1.807) is 0 Å². The number of nitrogens with one attached hydrogen (secondary N) is 1. The van der Waals surface area contributed by atoms with E-state index in [4.69, 9.17) is 0 Å². The minimum atomic E-state index is 0.279. The van der Waals surface area contributed by atoms with Crippen LogP contribution in [0.25, 0.3) is 0 Å². The lowest BCUT2D eigenvalue weighted by Gasteiger charge is -2.48. The van der Waals surface area contributed by atoms with Crippen molar-refractivity contribution in [1.82, 2.24) is 5.32 Å². The van der Waals surface area contributed by atoms with Crippen molar-refractivity contribution in [2.75, 3.05) is 18.0 Å². The number of nitrogens with zero attached hydrogens (tertiary/aromatic N) is 1. The molecule has 1 aliphatic heterocycles. The molecule has 2 atom stereocenters. The fraction of sp³-hybridized carbons (Fsp3) is 0.647. The number of anilines is 1. The molecule has 2 rings (SSSR count). The Bertz CT molecular complexity index is 451. The van der Waals surface area contributed by atoms with E-state index in [-0.39, 0.29) is 5.41 Å². The summed E-state index contributed by atoms with van der Waals surface area (Å²) in [5.41, 5.74) is 1.60. The first-order valence-corrected chi connectivity index (χ1v) is 8.34. The van der Waals surface area contributed by atoms with Crippen LogP contribution in [0.4, 0.5) is 5.69 Å². The van der Waals surface area contributed by atoms with Crippen LogP contribution in [-0.4, -0.2) is 25.2 Å². The van der Waals surface area contributed by atoms with Crippen LogP contribution in [0.5, 0.6) is 0 Å². The Morgan fingerprint density at radius 1 is 1.25 bits per heavy atom. The van der Waals surface area contributed by atoms with E-state index in [0.29, 0.717) is 18.0 Å². The monoisotopic (exact) mass is 338 g/mol. The molecule has 1 aliphatic rings. The van der Waals surface area contributed by atoms with E-state index in [1.165, 1.54) is 10.2 Å². The molecule has 0 amide bonds. The van der Waals surface area contributed by atoms with Gasteiger partial charge in [-0.3, -0.25) is 0 Å². The van der Waals surface area contributed by atoms with Crippen molar-refractivity contribution in [3.63, 3.8) is 0 Å². The Morgan fingerprint density at radius 3 is 2.45 bits per heavy atom. The third-order valence-corrected chi connectivity index (χ3v) is 5.00. The molecule has 2 nitrogen and oxygen atoms in total. The number of halogens is 1. The second kappa shape index (κ2) is 6.07. The molecule has 0 aliphatic carbocycles. The molecule has 0 bridgehead atoms. The van der Waals surface area contributed by atoms with Gasteiger partial charge in [-0.1, -0.05) is 46.8 Å². The number of hydrogen-bond donors (Lipinski definition) is 1. The van der Waals surface area contributed by atoms with Gasteiger partial charge in [-0.2, -0.15) is 0 Å². The normalized spacial score (nSPS) is 24.2. The van der Waals surface area contributed by atoms with Crippen LogP contribution in [0.2, 0.25) is 0 Å². The molecular formula is C17H27BrN2. The average Bonchev–Trinajstić information content (AvgIpc) is 2.37. The molecule has 1 aromatic rings. The molecular weight excluding hydrogens is 312 g/mol. The highest BCUT2D eigenvalue weighted by molar-refractivity contribution is 9.10. The van der Waals surface area contributed by atoms with Gasteiger partial charge in [0.2, 0.25) is 0 Å². The second-order valence-corrected chi connectivity index (χ2v) is 8.10. The summed E-state index contributed by atoms with van der Waals surface area (Å²) in [5, 5.41) is 3.75. The maximum absolute atomic E-state index is 3.75. The molecule has 1 heterocycles. The molecule has 0 radical (unpaired) electrons. The van der Waals surface area contributed by atoms with E-state index in [2.05, 4.69) is 85.0 Å². The van der Waals surface area contributed by atoms with Gasteiger partial charge < -0.3 is 10.2 Å². The summed E-state index contributed by atoms with van der Waals surface area (Å²) < 4.78 is 1.19. The summed E-state index contributed by atoms with van der Waals surface area (Å²) in [5.74, 6) is 0.635. The maximum atomic E-state index is 3.75. The standard InChI is InChI=1S/C17H27BrN2/c1-12(2)15-10-19-16(17(3,4)5)11-20(15)14-9-7-6-8-13(14)18/h6-9,12,15-16,19H,10-11H2,1-5H3. The van der Waals surface area contributed by atoms with Crippen molar-refractivity contribution < 1.29 is 0 Å². The van der Waals surface area contributed by atoms with Crippen molar-refractivity contribution in [3.8, 4) is 0 Å². The molecule has 3 heteroatoms. The summed E-state index contributed by atoms with van der Waals surface area (Å²) in [7, 11) is 0. The van der Waals surface area contributed by atoms with Gasteiger partial charge >= 0.3 is 0 Å². The van der Waals surface area contributed by atoms with Gasteiger partial charge in [0.15, 0.2) is 0 Å². The van der Waals surface area contributed by atoms with Crippen LogP contribution < -0.4 is 10.2 Å². The molecule has 2 unspecified atom stereocenters. The third-order valence-electron chi connectivity index (χ3n) is 4.33. The lowest BCUT2D eigenvalue weighted by atomic mass is 9.83. The molecule has 112 valence electrons. The van der Waals surface area contributed by atoms with Crippen LogP contribution in [-0.2, 0) is 0 Å². The van der Waals surface area contributed by atoms with Gasteiger partial charge in [-0.15, -0.1) is 0 Å². The van der Waals surface area contributed by atoms with Crippen LogP contribution in [0, 0.1) is 11.3 Å². The minimum Gasteiger partial charge on any atom is -0.365 e. The largest absolute Gasteiger partial charge is 0.365 e. The number of hydrogen-bond acceptors (Lipinski definition) is 2. The Morgan fingerprint density at radius 2 is 1.90 bits per heavy atom. The van der Waals surface area contributed by atoms with Crippen molar-refractivity contribution in [3.05, 3.63) is 28.7 Å². The Hall–Kier alpha value is -0.540. The molecule has 20 heavy (non-hydrogen) atoms. The van der Waals surface area contributed by atoms with Crippen molar-refractivity contribution >= 4 is 21.6 Å². The SMILES string of the molecule is CC(C)C1CNC(C(C)(C)C)CN1c1ccccc1Br. The van der Waals surface area contributed by atoms with E-state index in [0.717, 1.165) is 13.1 Å².